The Morgan fingerprint density at radius 1 is 1.23 bits per heavy atom. The molecule has 26 heavy (non-hydrogen) atoms. The smallest absolute Gasteiger partial charge is 0.274 e. The van der Waals surface area contributed by atoms with Gasteiger partial charge in [-0.1, -0.05) is 26.2 Å². The van der Waals surface area contributed by atoms with Gasteiger partial charge < -0.3 is 9.47 Å². The fourth-order valence-corrected chi connectivity index (χ4v) is 2.21. The Kier molecular flexibility index (Phi) is 7.60. The van der Waals surface area contributed by atoms with Crippen molar-refractivity contribution in [2.75, 3.05) is 19.1 Å². The van der Waals surface area contributed by atoms with Gasteiger partial charge in [0.25, 0.3) is 5.56 Å². The Hall–Kier alpha value is -2.90. The molecule has 0 bridgehead atoms. The van der Waals surface area contributed by atoms with E-state index in [9.17, 15) is 4.79 Å². The zero-order chi connectivity index (χ0) is 18.8. The molecule has 0 saturated heterocycles. The standard InChI is InChI=1S/C18H25N5O3/c1-4-5-6-7-10-26-15-9-8-14(11-16(15)25-3)12-19-22-18-20-17(24)13(2)21-23-18/h8-9,11-12H,4-7,10H2,1-3H3,(H2,20,22,23,24)/b19-12-. The predicted molar refractivity (Wildman–Crippen MR) is 101 cm³/mol. The molecule has 8 nitrogen and oxygen atoms in total. The second-order valence-corrected chi connectivity index (χ2v) is 5.78. The van der Waals surface area contributed by atoms with Crippen LogP contribution < -0.4 is 20.5 Å². The van der Waals surface area contributed by atoms with Crippen LogP contribution in [-0.2, 0) is 0 Å². The van der Waals surface area contributed by atoms with E-state index in [1.54, 1.807) is 20.2 Å². The summed E-state index contributed by atoms with van der Waals surface area (Å²) in [6, 6.07) is 5.56. The molecular weight excluding hydrogens is 334 g/mol. The van der Waals surface area contributed by atoms with Crippen LogP contribution in [0.4, 0.5) is 5.95 Å². The number of rotatable bonds is 10. The molecule has 0 radical (unpaired) electrons. The van der Waals surface area contributed by atoms with E-state index in [1.165, 1.54) is 19.3 Å². The van der Waals surface area contributed by atoms with Gasteiger partial charge in [-0.2, -0.15) is 5.10 Å². The van der Waals surface area contributed by atoms with E-state index in [2.05, 4.69) is 32.6 Å². The van der Waals surface area contributed by atoms with Crippen molar-refractivity contribution < 1.29 is 9.47 Å². The average molecular weight is 359 g/mol. The number of nitrogens with zero attached hydrogens (tertiary/aromatic N) is 3. The minimum Gasteiger partial charge on any atom is -0.493 e. The third kappa shape index (κ3) is 5.87. The van der Waals surface area contributed by atoms with Crippen LogP contribution in [0.5, 0.6) is 11.5 Å². The normalized spacial score (nSPS) is 10.9. The Morgan fingerprint density at radius 2 is 2.08 bits per heavy atom. The lowest BCUT2D eigenvalue weighted by Gasteiger charge is -2.11. The summed E-state index contributed by atoms with van der Waals surface area (Å²) in [5.74, 6) is 1.53. The van der Waals surface area contributed by atoms with Crippen molar-refractivity contribution in [3.05, 3.63) is 39.8 Å². The second-order valence-electron chi connectivity index (χ2n) is 5.78. The van der Waals surface area contributed by atoms with Crippen LogP contribution in [0.3, 0.4) is 0 Å². The largest absolute Gasteiger partial charge is 0.493 e. The molecule has 0 unspecified atom stereocenters. The highest BCUT2D eigenvalue weighted by Crippen LogP contribution is 2.27. The first-order valence-corrected chi connectivity index (χ1v) is 8.67. The predicted octanol–water partition coefficient (Wildman–Crippen LogP) is 2.89. The van der Waals surface area contributed by atoms with Gasteiger partial charge in [-0.15, -0.1) is 10.2 Å². The van der Waals surface area contributed by atoms with Gasteiger partial charge in [-0.3, -0.25) is 9.78 Å². The summed E-state index contributed by atoms with van der Waals surface area (Å²) < 4.78 is 11.2. The summed E-state index contributed by atoms with van der Waals surface area (Å²) >= 11 is 0. The van der Waals surface area contributed by atoms with Crippen LogP contribution in [0.15, 0.2) is 28.1 Å². The minimum absolute atomic E-state index is 0.177. The molecule has 0 spiro atoms. The number of H-pyrrole nitrogens is 1. The van der Waals surface area contributed by atoms with Gasteiger partial charge in [-0.05, 0) is 37.1 Å². The van der Waals surface area contributed by atoms with E-state index in [0.29, 0.717) is 23.8 Å². The van der Waals surface area contributed by atoms with Crippen LogP contribution >= 0.6 is 0 Å². The van der Waals surface area contributed by atoms with Crippen molar-refractivity contribution in [3.63, 3.8) is 0 Å². The lowest BCUT2D eigenvalue weighted by Crippen LogP contribution is -2.15. The molecule has 0 aliphatic rings. The van der Waals surface area contributed by atoms with Crippen LogP contribution in [0, 0.1) is 6.92 Å². The molecule has 0 saturated carbocycles. The summed E-state index contributed by atoms with van der Waals surface area (Å²) in [7, 11) is 1.60. The van der Waals surface area contributed by atoms with Crippen LogP contribution in [0.2, 0.25) is 0 Å². The van der Waals surface area contributed by atoms with Crippen LogP contribution in [0.1, 0.15) is 43.9 Å². The number of hydrogen-bond donors (Lipinski definition) is 2. The number of hydrogen-bond acceptors (Lipinski definition) is 7. The lowest BCUT2D eigenvalue weighted by atomic mass is 10.2. The highest BCUT2D eigenvalue weighted by molar-refractivity contribution is 5.81. The van der Waals surface area contributed by atoms with E-state index in [-0.39, 0.29) is 11.5 Å². The molecule has 1 aromatic heterocycles. The molecule has 8 heteroatoms. The first-order valence-electron chi connectivity index (χ1n) is 8.67. The molecule has 0 amide bonds. The lowest BCUT2D eigenvalue weighted by molar-refractivity contribution is 0.285. The van der Waals surface area contributed by atoms with Crippen LogP contribution in [0.25, 0.3) is 0 Å². The van der Waals surface area contributed by atoms with Crippen molar-refractivity contribution in [3.8, 4) is 11.5 Å². The third-order valence-electron chi connectivity index (χ3n) is 3.69. The van der Waals surface area contributed by atoms with Crippen molar-refractivity contribution in [2.24, 2.45) is 5.10 Å². The Morgan fingerprint density at radius 3 is 2.81 bits per heavy atom. The molecule has 1 heterocycles. The molecular formula is C18H25N5O3. The number of methoxy groups -OCH3 is 1. The van der Waals surface area contributed by atoms with Gasteiger partial charge in [0.15, 0.2) is 11.5 Å². The number of anilines is 1. The highest BCUT2D eigenvalue weighted by Gasteiger charge is 2.05. The molecule has 140 valence electrons. The van der Waals surface area contributed by atoms with Gasteiger partial charge in [0.2, 0.25) is 5.95 Å². The zero-order valence-corrected chi connectivity index (χ0v) is 15.4. The molecule has 0 fully saturated rings. The van der Waals surface area contributed by atoms with E-state index < -0.39 is 0 Å². The number of aromatic nitrogens is 3. The fourth-order valence-electron chi connectivity index (χ4n) is 2.21. The summed E-state index contributed by atoms with van der Waals surface area (Å²) in [5.41, 5.74) is 3.45. The molecule has 0 aliphatic carbocycles. The highest BCUT2D eigenvalue weighted by atomic mass is 16.5. The number of nitrogens with one attached hydrogen (secondary N) is 2. The van der Waals surface area contributed by atoms with Crippen molar-refractivity contribution in [2.45, 2.75) is 39.5 Å². The number of benzene rings is 1. The fraction of sp³-hybridized carbons (Fsp3) is 0.444. The summed E-state index contributed by atoms with van der Waals surface area (Å²) in [6.07, 6.45) is 6.21. The molecule has 2 rings (SSSR count). The quantitative estimate of drug-likeness (QED) is 0.384. The van der Waals surface area contributed by atoms with E-state index in [0.717, 1.165) is 12.0 Å². The van der Waals surface area contributed by atoms with Crippen LogP contribution in [-0.4, -0.2) is 35.1 Å². The Bertz CT molecular complexity index is 789. The van der Waals surface area contributed by atoms with Gasteiger partial charge in [0.1, 0.15) is 5.69 Å². The number of aryl methyl sites for hydroxylation is 1. The Labute approximate surface area is 152 Å². The first kappa shape index (κ1) is 19.4. The summed E-state index contributed by atoms with van der Waals surface area (Å²) in [6.45, 7) is 4.44. The van der Waals surface area contributed by atoms with Gasteiger partial charge in [-0.25, -0.2) is 5.43 Å². The maximum Gasteiger partial charge on any atom is 0.274 e. The maximum atomic E-state index is 11.5. The Balaban J connectivity index is 1.94. The third-order valence-corrected chi connectivity index (χ3v) is 3.69. The summed E-state index contributed by atoms with van der Waals surface area (Å²) in [4.78, 5) is 14.0. The van der Waals surface area contributed by atoms with Crippen molar-refractivity contribution in [1.82, 2.24) is 15.2 Å². The summed E-state index contributed by atoms with van der Waals surface area (Å²) in [5, 5.41) is 11.6. The minimum atomic E-state index is -0.306. The second kappa shape index (κ2) is 10.2. The van der Waals surface area contributed by atoms with Gasteiger partial charge >= 0.3 is 0 Å². The first-order chi connectivity index (χ1) is 12.6. The molecule has 0 atom stereocenters. The topological polar surface area (TPSA) is 101 Å². The van der Waals surface area contributed by atoms with E-state index >= 15 is 0 Å². The van der Waals surface area contributed by atoms with E-state index in [4.69, 9.17) is 9.47 Å². The average Bonchev–Trinajstić information content (AvgIpc) is 2.65. The van der Waals surface area contributed by atoms with E-state index in [1.807, 2.05) is 18.2 Å². The van der Waals surface area contributed by atoms with Crippen molar-refractivity contribution >= 4 is 12.2 Å². The number of hydrazone groups is 1. The van der Waals surface area contributed by atoms with Gasteiger partial charge in [0, 0.05) is 0 Å². The number of ether oxygens (including phenoxy) is 2. The number of unbranched alkanes of at least 4 members (excludes halogenated alkanes) is 3. The van der Waals surface area contributed by atoms with Gasteiger partial charge in [0.05, 0.1) is 19.9 Å². The van der Waals surface area contributed by atoms with Crippen molar-refractivity contribution in [1.29, 1.82) is 0 Å². The molecule has 2 N–H and O–H groups in total. The zero-order valence-electron chi connectivity index (χ0n) is 15.4. The monoisotopic (exact) mass is 359 g/mol. The molecule has 0 aliphatic heterocycles. The maximum absolute atomic E-state index is 11.5. The molecule has 2 aromatic rings. The number of aromatic amines is 1. The molecule has 1 aromatic carbocycles. The SMILES string of the molecule is CCCCCCOc1ccc(/C=N\Nc2nnc(C)c(=O)[nH]2)cc1OC.